The van der Waals surface area contributed by atoms with Crippen LogP contribution in [0.25, 0.3) is 0 Å². The average Bonchev–Trinajstić information content (AvgIpc) is 2.45. The van der Waals surface area contributed by atoms with E-state index in [1.165, 1.54) is 0 Å². The van der Waals surface area contributed by atoms with Gasteiger partial charge in [-0.1, -0.05) is 30.3 Å². The standard InChI is InChI=1S/C16H18N2O/c1-12-10-14(8-9-15(12)17-2)16(19)18-11-13-6-4-3-5-7-13/h3-10,17H,11H2,1-2H3,(H,18,19). The van der Waals surface area contributed by atoms with E-state index in [0.29, 0.717) is 12.1 Å². The number of nitrogens with one attached hydrogen (secondary N) is 2. The van der Waals surface area contributed by atoms with Crippen molar-refractivity contribution in [1.82, 2.24) is 5.32 Å². The fourth-order valence-electron chi connectivity index (χ4n) is 1.97. The van der Waals surface area contributed by atoms with Crippen LogP contribution in [0.1, 0.15) is 21.5 Å². The second-order valence-corrected chi connectivity index (χ2v) is 4.45. The largest absolute Gasteiger partial charge is 0.388 e. The minimum Gasteiger partial charge on any atom is -0.388 e. The highest BCUT2D eigenvalue weighted by atomic mass is 16.1. The van der Waals surface area contributed by atoms with Gasteiger partial charge in [-0.2, -0.15) is 0 Å². The van der Waals surface area contributed by atoms with Crippen molar-refractivity contribution in [2.24, 2.45) is 0 Å². The van der Waals surface area contributed by atoms with Gasteiger partial charge in [0.2, 0.25) is 0 Å². The predicted molar refractivity (Wildman–Crippen MR) is 78.3 cm³/mol. The molecule has 3 nitrogen and oxygen atoms in total. The average molecular weight is 254 g/mol. The van der Waals surface area contributed by atoms with Gasteiger partial charge in [0, 0.05) is 24.8 Å². The Morgan fingerprint density at radius 3 is 2.47 bits per heavy atom. The molecule has 2 N–H and O–H groups in total. The number of carbonyl (C=O) groups is 1. The van der Waals surface area contributed by atoms with Gasteiger partial charge in [-0.05, 0) is 36.2 Å². The van der Waals surface area contributed by atoms with Crippen molar-refractivity contribution in [1.29, 1.82) is 0 Å². The van der Waals surface area contributed by atoms with Crippen molar-refractivity contribution in [2.75, 3.05) is 12.4 Å². The molecule has 98 valence electrons. The highest BCUT2D eigenvalue weighted by Gasteiger charge is 2.06. The van der Waals surface area contributed by atoms with Gasteiger partial charge in [0.15, 0.2) is 0 Å². The SMILES string of the molecule is CNc1ccc(C(=O)NCc2ccccc2)cc1C. The molecule has 0 aliphatic carbocycles. The normalized spacial score (nSPS) is 10.0. The summed E-state index contributed by atoms with van der Waals surface area (Å²) in [5, 5.41) is 6.01. The molecule has 0 radical (unpaired) electrons. The Morgan fingerprint density at radius 2 is 1.84 bits per heavy atom. The molecule has 19 heavy (non-hydrogen) atoms. The molecule has 2 rings (SSSR count). The van der Waals surface area contributed by atoms with Gasteiger partial charge in [0.1, 0.15) is 0 Å². The van der Waals surface area contributed by atoms with Crippen LogP contribution in [-0.4, -0.2) is 13.0 Å². The Bertz CT molecular complexity index is 564. The van der Waals surface area contributed by atoms with E-state index in [0.717, 1.165) is 16.8 Å². The molecular formula is C16H18N2O. The lowest BCUT2D eigenvalue weighted by Gasteiger charge is -2.09. The molecule has 2 aromatic rings. The third kappa shape index (κ3) is 3.35. The smallest absolute Gasteiger partial charge is 0.251 e. The molecule has 0 bridgehead atoms. The summed E-state index contributed by atoms with van der Waals surface area (Å²) in [5.41, 5.74) is 3.89. The zero-order chi connectivity index (χ0) is 13.7. The summed E-state index contributed by atoms with van der Waals surface area (Å²) < 4.78 is 0. The fraction of sp³-hybridized carbons (Fsp3) is 0.188. The number of hydrogen-bond donors (Lipinski definition) is 2. The van der Waals surface area contributed by atoms with Gasteiger partial charge < -0.3 is 10.6 Å². The van der Waals surface area contributed by atoms with Crippen molar-refractivity contribution in [3.05, 3.63) is 65.2 Å². The summed E-state index contributed by atoms with van der Waals surface area (Å²) in [7, 11) is 1.87. The van der Waals surface area contributed by atoms with Crippen LogP contribution < -0.4 is 10.6 Å². The molecule has 0 aromatic heterocycles. The van der Waals surface area contributed by atoms with E-state index in [-0.39, 0.29) is 5.91 Å². The molecule has 0 atom stereocenters. The zero-order valence-electron chi connectivity index (χ0n) is 11.2. The third-order valence-electron chi connectivity index (χ3n) is 3.05. The summed E-state index contributed by atoms with van der Waals surface area (Å²) in [4.78, 5) is 12.0. The monoisotopic (exact) mass is 254 g/mol. The van der Waals surface area contributed by atoms with E-state index < -0.39 is 0 Å². The first-order chi connectivity index (χ1) is 9.20. The zero-order valence-corrected chi connectivity index (χ0v) is 11.2. The van der Waals surface area contributed by atoms with Crippen molar-refractivity contribution < 1.29 is 4.79 Å². The van der Waals surface area contributed by atoms with Gasteiger partial charge in [0.25, 0.3) is 5.91 Å². The van der Waals surface area contributed by atoms with Gasteiger partial charge in [-0.3, -0.25) is 4.79 Å². The van der Waals surface area contributed by atoms with Crippen LogP contribution in [-0.2, 0) is 6.54 Å². The van der Waals surface area contributed by atoms with Gasteiger partial charge >= 0.3 is 0 Å². The molecule has 0 fully saturated rings. The van der Waals surface area contributed by atoms with Gasteiger partial charge in [0.05, 0.1) is 0 Å². The summed E-state index contributed by atoms with van der Waals surface area (Å²) in [6, 6.07) is 15.5. The molecule has 2 aromatic carbocycles. The van der Waals surface area contributed by atoms with Crippen LogP contribution in [0.4, 0.5) is 5.69 Å². The van der Waals surface area contributed by atoms with Gasteiger partial charge in [-0.25, -0.2) is 0 Å². The second kappa shape index (κ2) is 6.05. The quantitative estimate of drug-likeness (QED) is 0.880. The van der Waals surface area contributed by atoms with Crippen molar-refractivity contribution >= 4 is 11.6 Å². The lowest BCUT2D eigenvalue weighted by atomic mass is 10.1. The molecule has 3 heteroatoms. The van der Waals surface area contributed by atoms with Crippen LogP contribution >= 0.6 is 0 Å². The number of benzene rings is 2. The maximum Gasteiger partial charge on any atom is 0.251 e. The topological polar surface area (TPSA) is 41.1 Å². The molecule has 0 unspecified atom stereocenters. The second-order valence-electron chi connectivity index (χ2n) is 4.45. The highest BCUT2D eigenvalue weighted by Crippen LogP contribution is 2.15. The lowest BCUT2D eigenvalue weighted by molar-refractivity contribution is 0.0951. The third-order valence-corrected chi connectivity index (χ3v) is 3.05. The molecule has 0 saturated carbocycles. The van der Waals surface area contributed by atoms with Crippen molar-refractivity contribution in [3.8, 4) is 0 Å². The van der Waals surface area contributed by atoms with E-state index in [2.05, 4.69) is 10.6 Å². The number of rotatable bonds is 4. The Morgan fingerprint density at radius 1 is 1.11 bits per heavy atom. The number of anilines is 1. The van der Waals surface area contributed by atoms with Crippen LogP contribution in [0.3, 0.4) is 0 Å². The molecule has 0 aliphatic heterocycles. The lowest BCUT2D eigenvalue weighted by Crippen LogP contribution is -2.22. The number of amides is 1. The number of carbonyl (C=O) groups excluding carboxylic acids is 1. The van der Waals surface area contributed by atoms with Crippen LogP contribution in [0, 0.1) is 6.92 Å². The maximum atomic E-state index is 12.0. The van der Waals surface area contributed by atoms with Gasteiger partial charge in [-0.15, -0.1) is 0 Å². The van der Waals surface area contributed by atoms with Crippen LogP contribution in [0.5, 0.6) is 0 Å². The molecule has 0 spiro atoms. The molecule has 0 heterocycles. The first kappa shape index (κ1) is 13.1. The number of aryl methyl sites for hydroxylation is 1. The van der Waals surface area contributed by atoms with E-state index in [1.807, 2.05) is 62.5 Å². The molecule has 0 aliphatic rings. The Labute approximate surface area is 113 Å². The Kier molecular flexibility index (Phi) is 4.18. The summed E-state index contributed by atoms with van der Waals surface area (Å²) in [5.74, 6) is -0.0467. The van der Waals surface area contributed by atoms with Crippen molar-refractivity contribution in [3.63, 3.8) is 0 Å². The Hall–Kier alpha value is -2.29. The number of hydrogen-bond acceptors (Lipinski definition) is 2. The summed E-state index contributed by atoms with van der Waals surface area (Å²) >= 11 is 0. The first-order valence-electron chi connectivity index (χ1n) is 6.31. The molecule has 1 amide bonds. The first-order valence-corrected chi connectivity index (χ1v) is 6.31. The Balaban J connectivity index is 2.02. The summed E-state index contributed by atoms with van der Waals surface area (Å²) in [6.45, 7) is 2.53. The predicted octanol–water partition coefficient (Wildman–Crippen LogP) is 2.97. The fourth-order valence-corrected chi connectivity index (χ4v) is 1.97. The van der Waals surface area contributed by atoms with Crippen molar-refractivity contribution in [2.45, 2.75) is 13.5 Å². The molecular weight excluding hydrogens is 236 g/mol. The highest BCUT2D eigenvalue weighted by molar-refractivity contribution is 5.94. The maximum absolute atomic E-state index is 12.0. The minimum atomic E-state index is -0.0467. The van der Waals surface area contributed by atoms with E-state index in [1.54, 1.807) is 0 Å². The van der Waals surface area contributed by atoms with Crippen LogP contribution in [0.2, 0.25) is 0 Å². The van der Waals surface area contributed by atoms with Crippen LogP contribution in [0.15, 0.2) is 48.5 Å². The van der Waals surface area contributed by atoms with E-state index in [4.69, 9.17) is 0 Å². The van der Waals surface area contributed by atoms with E-state index >= 15 is 0 Å². The molecule has 0 saturated heterocycles. The summed E-state index contributed by atoms with van der Waals surface area (Å²) in [6.07, 6.45) is 0. The van der Waals surface area contributed by atoms with E-state index in [9.17, 15) is 4.79 Å². The minimum absolute atomic E-state index is 0.0467.